The summed E-state index contributed by atoms with van der Waals surface area (Å²) in [6.07, 6.45) is 0.887. The summed E-state index contributed by atoms with van der Waals surface area (Å²) in [6.45, 7) is 6.18. The van der Waals surface area contributed by atoms with E-state index in [-0.39, 0.29) is 12.5 Å². The first-order valence-corrected chi connectivity index (χ1v) is 6.27. The highest BCUT2D eigenvalue weighted by atomic mass is 16.5. The Bertz CT molecular complexity index is 470. The fraction of sp³-hybridized carbons (Fsp3) is 0.429. The first-order valence-electron chi connectivity index (χ1n) is 6.27. The number of nitrogens with one attached hydrogen (secondary N) is 1. The van der Waals surface area contributed by atoms with Gasteiger partial charge in [0.05, 0.1) is 5.71 Å². The second-order valence-corrected chi connectivity index (χ2v) is 4.32. The molecule has 0 heterocycles. The molecule has 1 amide bonds. The third kappa shape index (κ3) is 4.62. The summed E-state index contributed by atoms with van der Waals surface area (Å²) < 4.78 is 5.50. The number of rotatable bonds is 6. The van der Waals surface area contributed by atoms with Gasteiger partial charge >= 0.3 is 0 Å². The highest BCUT2D eigenvalue weighted by Crippen LogP contribution is 2.21. The number of carbonyl (C=O) groups is 1. The topological polar surface area (TPSA) is 70.9 Å². The molecule has 2 N–H and O–H groups in total. The van der Waals surface area contributed by atoms with Gasteiger partial charge in [0.1, 0.15) is 5.75 Å². The van der Waals surface area contributed by atoms with Gasteiger partial charge in [-0.15, -0.1) is 0 Å². The number of nitrogens with zero attached hydrogens (tertiary/aromatic N) is 1. The van der Waals surface area contributed by atoms with Gasteiger partial charge in [0.15, 0.2) is 6.61 Å². The van der Waals surface area contributed by atoms with Crippen molar-refractivity contribution in [2.75, 3.05) is 13.2 Å². The molecule has 0 saturated heterocycles. The highest BCUT2D eigenvalue weighted by Gasteiger charge is 2.09. The van der Waals surface area contributed by atoms with Crippen LogP contribution in [-0.2, 0) is 4.79 Å². The SMILES string of the molecule is CCCNC(=O)COc1cc(C)ccc1/C(C)=N/O. The van der Waals surface area contributed by atoms with Crippen LogP contribution in [0.4, 0.5) is 0 Å². The van der Waals surface area contributed by atoms with Gasteiger partial charge in [0, 0.05) is 12.1 Å². The van der Waals surface area contributed by atoms with E-state index >= 15 is 0 Å². The van der Waals surface area contributed by atoms with E-state index in [0.29, 0.717) is 23.6 Å². The van der Waals surface area contributed by atoms with Crippen molar-refractivity contribution in [3.8, 4) is 5.75 Å². The largest absolute Gasteiger partial charge is 0.483 e. The third-order valence-electron chi connectivity index (χ3n) is 2.61. The quantitative estimate of drug-likeness (QED) is 0.469. The first-order chi connectivity index (χ1) is 9.08. The lowest BCUT2D eigenvalue weighted by Crippen LogP contribution is -2.29. The second-order valence-electron chi connectivity index (χ2n) is 4.32. The average molecular weight is 264 g/mol. The number of benzene rings is 1. The summed E-state index contributed by atoms with van der Waals surface area (Å²) in [5.74, 6) is 0.384. The van der Waals surface area contributed by atoms with Crippen LogP contribution in [0.2, 0.25) is 0 Å². The van der Waals surface area contributed by atoms with E-state index in [1.807, 2.05) is 32.0 Å². The third-order valence-corrected chi connectivity index (χ3v) is 2.61. The Morgan fingerprint density at radius 1 is 1.47 bits per heavy atom. The van der Waals surface area contributed by atoms with Crippen molar-refractivity contribution < 1.29 is 14.7 Å². The van der Waals surface area contributed by atoms with Crippen LogP contribution < -0.4 is 10.1 Å². The van der Waals surface area contributed by atoms with E-state index in [0.717, 1.165) is 12.0 Å². The van der Waals surface area contributed by atoms with Crippen molar-refractivity contribution in [1.82, 2.24) is 5.32 Å². The maximum atomic E-state index is 11.5. The number of hydrogen-bond donors (Lipinski definition) is 2. The minimum Gasteiger partial charge on any atom is -0.483 e. The number of amides is 1. The van der Waals surface area contributed by atoms with Crippen LogP contribution in [0.3, 0.4) is 0 Å². The Kier molecular flexibility index (Phi) is 5.85. The van der Waals surface area contributed by atoms with Crippen LogP contribution in [0.15, 0.2) is 23.4 Å². The summed E-state index contributed by atoms with van der Waals surface area (Å²) in [5, 5.41) is 14.7. The molecule has 0 aliphatic heterocycles. The number of oxime groups is 1. The minimum atomic E-state index is -0.159. The molecule has 0 unspecified atom stereocenters. The lowest BCUT2D eigenvalue weighted by atomic mass is 10.1. The van der Waals surface area contributed by atoms with Crippen molar-refractivity contribution in [1.29, 1.82) is 0 Å². The van der Waals surface area contributed by atoms with E-state index in [2.05, 4.69) is 10.5 Å². The van der Waals surface area contributed by atoms with Crippen LogP contribution in [0.1, 0.15) is 31.4 Å². The zero-order chi connectivity index (χ0) is 14.3. The molecule has 0 aliphatic rings. The van der Waals surface area contributed by atoms with Crippen LogP contribution in [0.5, 0.6) is 5.75 Å². The summed E-state index contributed by atoms with van der Waals surface area (Å²) >= 11 is 0. The predicted octanol–water partition coefficient (Wildman–Crippen LogP) is 2.10. The Hall–Kier alpha value is -2.04. The second kappa shape index (κ2) is 7.41. The van der Waals surface area contributed by atoms with Gasteiger partial charge in [-0.1, -0.05) is 18.1 Å². The molecule has 0 spiro atoms. The Balaban J connectivity index is 2.76. The fourth-order valence-corrected chi connectivity index (χ4v) is 1.56. The van der Waals surface area contributed by atoms with Gasteiger partial charge in [0.2, 0.25) is 0 Å². The minimum absolute atomic E-state index is 0.0465. The molecule has 0 aliphatic carbocycles. The Morgan fingerprint density at radius 3 is 2.84 bits per heavy atom. The molecule has 0 fully saturated rings. The molecule has 5 nitrogen and oxygen atoms in total. The maximum Gasteiger partial charge on any atom is 0.257 e. The molecule has 1 aromatic rings. The van der Waals surface area contributed by atoms with E-state index in [4.69, 9.17) is 9.94 Å². The van der Waals surface area contributed by atoms with E-state index in [9.17, 15) is 4.79 Å². The van der Waals surface area contributed by atoms with E-state index < -0.39 is 0 Å². The molecule has 0 bridgehead atoms. The molecule has 1 aromatic carbocycles. The average Bonchev–Trinajstić information content (AvgIpc) is 2.42. The molecular formula is C14H20N2O3. The first kappa shape index (κ1) is 15.0. The Morgan fingerprint density at radius 2 is 2.21 bits per heavy atom. The lowest BCUT2D eigenvalue weighted by Gasteiger charge is -2.11. The zero-order valence-electron chi connectivity index (χ0n) is 11.6. The van der Waals surface area contributed by atoms with Gasteiger partial charge < -0.3 is 15.3 Å². The number of hydrogen-bond acceptors (Lipinski definition) is 4. The van der Waals surface area contributed by atoms with Gasteiger partial charge in [-0.2, -0.15) is 0 Å². The highest BCUT2D eigenvalue weighted by molar-refractivity contribution is 6.00. The summed E-state index contributed by atoms with van der Waals surface area (Å²) in [6, 6.07) is 5.52. The molecule has 0 atom stereocenters. The number of aryl methyl sites for hydroxylation is 1. The summed E-state index contributed by atoms with van der Waals surface area (Å²) in [5.41, 5.74) is 2.14. The van der Waals surface area contributed by atoms with Crippen molar-refractivity contribution >= 4 is 11.6 Å². The smallest absolute Gasteiger partial charge is 0.257 e. The molecular weight excluding hydrogens is 244 g/mol. The van der Waals surface area contributed by atoms with Crippen LogP contribution in [0, 0.1) is 6.92 Å². The molecule has 0 saturated carbocycles. The van der Waals surface area contributed by atoms with Gasteiger partial charge in [0.25, 0.3) is 5.91 Å². The molecule has 104 valence electrons. The standard InChI is InChI=1S/C14H20N2O3/c1-4-7-15-14(17)9-19-13-8-10(2)5-6-12(13)11(3)16-18/h5-6,8,18H,4,7,9H2,1-3H3,(H,15,17)/b16-11+. The van der Waals surface area contributed by atoms with E-state index in [1.165, 1.54) is 0 Å². The van der Waals surface area contributed by atoms with Gasteiger partial charge in [-0.3, -0.25) is 4.79 Å². The van der Waals surface area contributed by atoms with E-state index in [1.54, 1.807) is 6.92 Å². The molecule has 0 aromatic heterocycles. The number of ether oxygens (including phenoxy) is 1. The van der Waals surface area contributed by atoms with Crippen molar-refractivity contribution in [2.24, 2.45) is 5.16 Å². The van der Waals surface area contributed by atoms with Gasteiger partial charge in [-0.05, 0) is 38.0 Å². The van der Waals surface area contributed by atoms with Gasteiger partial charge in [-0.25, -0.2) is 0 Å². The number of carbonyl (C=O) groups excluding carboxylic acids is 1. The maximum absolute atomic E-state index is 11.5. The zero-order valence-corrected chi connectivity index (χ0v) is 11.6. The van der Waals surface area contributed by atoms with Crippen molar-refractivity contribution in [3.63, 3.8) is 0 Å². The normalized spacial score (nSPS) is 11.2. The van der Waals surface area contributed by atoms with Crippen LogP contribution in [-0.4, -0.2) is 30.0 Å². The fourth-order valence-electron chi connectivity index (χ4n) is 1.56. The molecule has 0 radical (unpaired) electrons. The summed E-state index contributed by atoms with van der Waals surface area (Å²) in [7, 11) is 0. The van der Waals surface area contributed by atoms with Crippen LogP contribution >= 0.6 is 0 Å². The molecule has 19 heavy (non-hydrogen) atoms. The van der Waals surface area contributed by atoms with Crippen LogP contribution in [0.25, 0.3) is 0 Å². The Labute approximate surface area is 113 Å². The molecule has 1 rings (SSSR count). The predicted molar refractivity (Wildman–Crippen MR) is 74.0 cm³/mol. The van der Waals surface area contributed by atoms with Crippen molar-refractivity contribution in [3.05, 3.63) is 29.3 Å². The summed E-state index contributed by atoms with van der Waals surface area (Å²) in [4.78, 5) is 11.5. The monoisotopic (exact) mass is 264 g/mol. The molecule has 5 heteroatoms. The van der Waals surface area contributed by atoms with Crippen molar-refractivity contribution in [2.45, 2.75) is 27.2 Å². The lowest BCUT2D eigenvalue weighted by molar-refractivity contribution is -0.123.